The number of rotatable bonds is 3. The quantitative estimate of drug-likeness (QED) is 0.626. The number of imide groups is 1. The second-order valence-electron chi connectivity index (χ2n) is 4.48. The van der Waals surface area contributed by atoms with Gasteiger partial charge >= 0.3 is 6.03 Å². The zero-order valence-corrected chi connectivity index (χ0v) is 10.4. The molecule has 0 radical (unpaired) electrons. The Morgan fingerprint density at radius 3 is 2.76 bits per heavy atom. The number of piperidine rings is 1. The molecule has 3 amide bonds. The van der Waals surface area contributed by atoms with E-state index in [2.05, 4.69) is 10.6 Å². The highest BCUT2D eigenvalue weighted by atomic mass is 16.3. The summed E-state index contributed by atoms with van der Waals surface area (Å²) in [7, 11) is 0. The zero-order chi connectivity index (χ0) is 12.8. The van der Waals surface area contributed by atoms with Gasteiger partial charge in [-0.25, -0.2) is 4.79 Å². The Hall–Kier alpha value is -1.14. The lowest BCUT2D eigenvalue weighted by molar-refractivity contribution is -0.122. The first kappa shape index (κ1) is 13.9. The molecule has 1 aliphatic rings. The maximum atomic E-state index is 11.5. The number of urea groups is 1. The number of aliphatic hydroxyl groups is 1. The maximum Gasteiger partial charge on any atom is 0.321 e. The first-order valence-corrected chi connectivity index (χ1v) is 6.01. The maximum absolute atomic E-state index is 11.5. The molecular weight excluding hydrogens is 222 g/mol. The molecule has 0 aromatic carbocycles. The largest absolute Gasteiger partial charge is 0.392 e. The van der Waals surface area contributed by atoms with E-state index in [4.69, 9.17) is 0 Å². The number of amides is 3. The minimum atomic E-state index is -0.469. The minimum Gasteiger partial charge on any atom is -0.392 e. The van der Waals surface area contributed by atoms with Crippen molar-refractivity contribution >= 4 is 11.9 Å². The van der Waals surface area contributed by atoms with Gasteiger partial charge in [0.25, 0.3) is 0 Å². The van der Waals surface area contributed by atoms with Crippen molar-refractivity contribution in [2.45, 2.75) is 26.4 Å². The summed E-state index contributed by atoms with van der Waals surface area (Å²) in [5.74, 6) is -0.0598. The molecule has 0 saturated carbocycles. The van der Waals surface area contributed by atoms with Gasteiger partial charge in [0.2, 0.25) is 5.91 Å². The van der Waals surface area contributed by atoms with E-state index in [9.17, 15) is 14.7 Å². The van der Waals surface area contributed by atoms with Crippen LogP contribution in [0.5, 0.6) is 0 Å². The standard InChI is InChI=1S/C11H21N3O3/c1-3-12-11(17)13-10(16)7-14-5-4-8(2)9(15)6-14/h8-9,15H,3-7H2,1-2H3,(H2,12,13,16,17). The van der Waals surface area contributed by atoms with Crippen molar-refractivity contribution in [1.29, 1.82) is 0 Å². The van der Waals surface area contributed by atoms with Gasteiger partial charge in [0.15, 0.2) is 0 Å². The van der Waals surface area contributed by atoms with E-state index in [0.29, 0.717) is 13.1 Å². The Morgan fingerprint density at radius 2 is 2.18 bits per heavy atom. The van der Waals surface area contributed by atoms with Crippen molar-refractivity contribution in [2.24, 2.45) is 5.92 Å². The molecule has 0 spiro atoms. The number of hydrogen-bond donors (Lipinski definition) is 3. The van der Waals surface area contributed by atoms with Gasteiger partial charge in [-0.1, -0.05) is 6.92 Å². The molecule has 0 aromatic heterocycles. The van der Waals surface area contributed by atoms with Gasteiger partial charge in [0, 0.05) is 13.1 Å². The van der Waals surface area contributed by atoms with E-state index in [1.165, 1.54) is 0 Å². The van der Waals surface area contributed by atoms with Gasteiger partial charge in [0.1, 0.15) is 0 Å². The fourth-order valence-corrected chi connectivity index (χ4v) is 1.83. The Labute approximate surface area is 101 Å². The molecule has 17 heavy (non-hydrogen) atoms. The zero-order valence-electron chi connectivity index (χ0n) is 10.4. The van der Waals surface area contributed by atoms with E-state index >= 15 is 0 Å². The predicted molar refractivity (Wildman–Crippen MR) is 63.4 cm³/mol. The number of aliphatic hydroxyl groups excluding tert-OH is 1. The predicted octanol–water partition coefficient (Wildman–Crippen LogP) is -0.465. The monoisotopic (exact) mass is 243 g/mol. The van der Waals surface area contributed by atoms with Gasteiger partial charge in [-0.15, -0.1) is 0 Å². The summed E-state index contributed by atoms with van der Waals surface area (Å²) in [5, 5.41) is 14.4. The molecule has 1 rings (SSSR count). The number of nitrogens with one attached hydrogen (secondary N) is 2. The van der Waals surface area contributed by atoms with Crippen LogP contribution in [0.1, 0.15) is 20.3 Å². The SMILES string of the molecule is CCNC(=O)NC(=O)CN1CCC(C)C(O)C1. The molecule has 0 aliphatic carbocycles. The molecule has 1 heterocycles. The van der Waals surface area contributed by atoms with Crippen LogP contribution >= 0.6 is 0 Å². The Balaban J connectivity index is 2.29. The van der Waals surface area contributed by atoms with Crippen LogP contribution in [0.15, 0.2) is 0 Å². The topological polar surface area (TPSA) is 81.7 Å². The Bertz CT molecular complexity index is 283. The lowest BCUT2D eigenvalue weighted by Gasteiger charge is -2.33. The van der Waals surface area contributed by atoms with Crippen molar-refractivity contribution in [2.75, 3.05) is 26.2 Å². The number of carbonyl (C=O) groups is 2. The van der Waals surface area contributed by atoms with Crippen LogP contribution in [-0.2, 0) is 4.79 Å². The van der Waals surface area contributed by atoms with Crippen LogP contribution in [0.25, 0.3) is 0 Å². The summed E-state index contributed by atoms with van der Waals surface area (Å²) in [6, 6.07) is -0.469. The van der Waals surface area contributed by atoms with Crippen LogP contribution < -0.4 is 10.6 Å². The van der Waals surface area contributed by atoms with Crippen LogP contribution in [0.2, 0.25) is 0 Å². The molecule has 0 aromatic rings. The van der Waals surface area contributed by atoms with Gasteiger partial charge in [-0.2, -0.15) is 0 Å². The lowest BCUT2D eigenvalue weighted by atomic mass is 9.96. The van der Waals surface area contributed by atoms with E-state index < -0.39 is 6.03 Å². The molecule has 2 atom stereocenters. The van der Waals surface area contributed by atoms with Crippen molar-refractivity contribution in [3.63, 3.8) is 0 Å². The summed E-state index contributed by atoms with van der Waals surface area (Å²) in [6.45, 7) is 5.69. The molecule has 1 saturated heterocycles. The second kappa shape index (κ2) is 6.56. The Kier molecular flexibility index (Phi) is 5.37. The lowest BCUT2D eigenvalue weighted by Crippen LogP contribution is -2.49. The van der Waals surface area contributed by atoms with E-state index in [0.717, 1.165) is 13.0 Å². The number of hydrogen-bond acceptors (Lipinski definition) is 4. The highest BCUT2D eigenvalue weighted by Crippen LogP contribution is 2.16. The molecule has 98 valence electrons. The van der Waals surface area contributed by atoms with Crippen LogP contribution in [0, 0.1) is 5.92 Å². The third kappa shape index (κ3) is 4.70. The summed E-state index contributed by atoms with van der Waals surface area (Å²) in [6.07, 6.45) is 0.483. The van der Waals surface area contributed by atoms with E-state index in [1.54, 1.807) is 6.92 Å². The molecule has 2 unspecified atom stereocenters. The molecule has 6 nitrogen and oxygen atoms in total. The summed E-state index contributed by atoms with van der Waals surface area (Å²) >= 11 is 0. The van der Waals surface area contributed by atoms with Crippen LogP contribution in [0.3, 0.4) is 0 Å². The van der Waals surface area contributed by atoms with E-state index in [1.807, 2.05) is 11.8 Å². The number of carbonyl (C=O) groups excluding carboxylic acids is 2. The molecule has 1 fully saturated rings. The highest BCUT2D eigenvalue weighted by Gasteiger charge is 2.25. The molecule has 6 heteroatoms. The van der Waals surface area contributed by atoms with Crippen molar-refractivity contribution in [1.82, 2.24) is 15.5 Å². The highest BCUT2D eigenvalue weighted by molar-refractivity contribution is 5.95. The van der Waals surface area contributed by atoms with E-state index in [-0.39, 0.29) is 24.5 Å². The average Bonchev–Trinajstić information content (AvgIpc) is 2.23. The smallest absolute Gasteiger partial charge is 0.321 e. The molecule has 0 bridgehead atoms. The van der Waals surface area contributed by atoms with Crippen molar-refractivity contribution < 1.29 is 14.7 Å². The fraction of sp³-hybridized carbons (Fsp3) is 0.818. The third-order valence-corrected chi connectivity index (χ3v) is 2.96. The molecular formula is C11H21N3O3. The average molecular weight is 243 g/mol. The van der Waals surface area contributed by atoms with Gasteiger partial charge < -0.3 is 10.4 Å². The second-order valence-corrected chi connectivity index (χ2v) is 4.48. The first-order chi connectivity index (χ1) is 8.02. The number of likely N-dealkylation sites (tertiary alicyclic amines) is 1. The molecule has 1 aliphatic heterocycles. The van der Waals surface area contributed by atoms with Crippen molar-refractivity contribution in [3.05, 3.63) is 0 Å². The Morgan fingerprint density at radius 1 is 1.47 bits per heavy atom. The summed E-state index contributed by atoms with van der Waals surface area (Å²) < 4.78 is 0. The first-order valence-electron chi connectivity index (χ1n) is 6.01. The minimum absolute atomic E-state index is 0.154. The van der Waals surface area contributed by atoms with Gasteiger partial charge in [0.05, 0.1) is 12.6 Å². The number of nitrogens with zero attached hydrogens (tertiary/aromatic N) is 1. The van der Waals surface area contributed by atoms with Gasteiger partial charge in [-0.3, -0.25) is 15.0 Å². The summed E-state index contributed by atoms with van der Waals surface area (Å²) in [4.78, 5) is 24.5. The van der Waals surface area contributed by atoms with Gasteiger partial charge in [-0.05, 0) is 25.8 Å². The van der Waals surface area contributed by atoms with Crippen LogP contribution in [0.4, 0.5) is 4.79 Å². The van der Waals surface area contributed by atoms with Crippen LogP contribution in [-0.4, -0.2) is 54.2 Å². The molecule has 3 N–H and O–H groups in total. The third-order valence-electron chi connectivity index (χ3n) is 2.96. The normalized spacial score (nSPS) is 25.4. The van der Waals surface area contributed by atoms with Crippen molar-refractivity contribution in [3.8, 4) is 0 Å². The number of β-amino-alcohol motifs (C(OH)–C–C–N with tert-alkyl or cyclic N) is 1. The summed E-state index contributed by atoms with van der Waals surface area (Å²) in [5.41, 5.74) is 0. The fourth-order valence-electron chi connectivity index (χ4n) is 1.83.